The first-order valence-electron chi connectivity index (χ1n) is 6.26. The van der Waals surface area contributed by atoms with E-state index >= 15 is 0 Å². The fourth-order valence-electron chi connectivity index (χ4n) is 2.69. The molecular formula is C12H20BrNO2. The highest BCUT2D eigenvalue weighted by atomic mass is 79.9. The summed E-state index contributed by atoms with van der Waals surface area (Å²) in [5.74, 6) is 0.790. The number of amides is 1. The Hall–Kier alpha value is -0.0900. The lowest BCUT2D eigenvalue weighted by atomic mass is 10.1. The monoisotopic (exact) mass is 289 g/mol. The Balaban J connectivity index is 1.73. The molecule has 0 aromatic rings. The molecule has 3 nitrogen and oxygen atoms in total. The Morgan fingerprint density at radius 2 is 2.19 bits per heavy atom. The lowest BCUT2D eigenvalue weighted by Crippen LogP contribution is -2.39. The third kappa shape index (κ3) is 3.20. The molecule has 92 valence electrons. The van der Waals surface area contributed by atoms with Crippen LogP contribution in [-0.4, -0.2) is 30.0 Å². The number of rotatable bonds is 4. The number of halogens is 1. The number of hydrogen-bond donors (Lipinski definition) is 1. The third-order valence-corrected chi connectivity index (χ3v) is 4.47. The molecular weight excluding hydrogens is 270 g/mol. The summed E-state index contributed by atoms with van der Waals surface area (Å²) in [6, 6.07) is 0.383. The molecule has 4 heteroatoms. The Labute approximate surface area is 105 Å². The molecule has 0 radical (unpaired) electrons. The van der Waals surface area contributed by atoms with Gasteiger partial charge in [-0.3, -0.25) is 4.79 Å². The van der Waals surface area contributed by atoms with Crippen LogP contribution in [0.4, 0.5) is 0 Å². The van der Waals surface area contributed by atoms with Crippen LogP contribution >= 0.6 is 15.9 Å². The normalized spacial score (nSPS) is 34.2. The smallest absolute Gasteiger partial charge is 0.222 e. The second-order valence-electron chi connectivity index (χ2n) is 4.86. The van der Waals surface area contributed by atoms with Gasteiger partial charge in [-0.25, -0.2) is 0 Å². The second kappa shape index (κ2) is 6.01. The Kier molecular flexibility index (Phi) is 4.65. The van der Waals surface area contributed by atoms with Gasteiger partial charge in [0.25, 0.3) is 0 Å². The molecule has 0 aromatic heterocycles. The summed E-state index contributed by atoms with van der Waals surface area (Å²) in [7, 11) is 0. The standard InChI is InChI=1S/C12H20BrNO2/c13-8-9-3-1-5-11(9)14-12(15)7-10-4-2-6-16-10/h9-11H,1-8H2,(H,14,15). The highest BCUT2D eigenvalue weighted by Crippen LogP contribution is 2.27. The minimum atomic E-state index is 0.170. The van der Waals surface area contributed by atoms with Crippen LogP contribution in [-0.2, 0) is 9.53 Å². The summed E-state index contributed by atoms with van der Waals surface area (Å²) in [5, 5.41) is 4.16. The van der Waals surface area contributed by atoms with Crippen LogP contribution in [0.5, 0.6) is 0 Å². The number of nitrogens with one attached hydrogen (secondary N) is 1. The number of hydrogen-bond acceptors (Lipinski definition) is 2. The van der Waals surface area contributed by atoms with Crippen molar-refractivity contribution in [3.8, 4) is 0 Å². The zero-order valence-electron chi connectivity index (χ0n) is 9.58. The van der Waals surface area contributed by atoms with Gasteiger partial charge in [0.15, 0.2) is 0 Å². The van der Waals surface area contributed by atoms with Crippen molar-refractivity contribution in [2.45, 2.75) is 50.7 Å². The van der Waals surface area contributed by atoms with Crippen LogP contribution in [0.15, 0.2) is 0 Å². The van der Waals surface area contributed by atoms with Crippen LogP contribution < -0.4 is 5.32 Å². The average Bonchev–Trinajstić information content (AvgIpc) is 2.88. The van der Waals surface area contributed by atoms with Gasteiger partial charge < -0.3 is 10.1 Å². The molecule has 2 aliphatic rings. The van der Waals surface area contributed by atoms with Crippen molar-refractivity contribution in [1.82, 2.24) is 5.32 Å². The molecule has 0 bridgehead atoms. The molecule has 2 rings (SSSR count). The Morgan fingerprint density at radius 1 is 1.31 bits per heavy atom. The van der Waals surface area contributed by atoms with Gasteiger partial charge in [-0.1, -0.05) is 22.4 Å². The number of alkyl halides is 1. The summed E-state index contributed by atoms with van der Waals surface area (Å²) >= 11 is 3.52. The summed E-state index contributed by atoms with van der Waals surface area (Å²) in [6.07, 6.45) is 6.46. The molecule has 2 fully saturated rings. The van der Waals surface area contributed by atoms with E-state index in [1.165, 1.54) is 12.8 Å². The van der Waals surface area contributed by atoms with E-state index in [1.54, 1.807) is 0 Å². The van der Waals surface area contributed by atoms with Crippen LogP contribution in [0.1, 0.15) is 38.5 Å². The van der Waals surface area contributed by atoms with Gasteiger partial charge in [0.1, 0.15) is 0 Å². The van der Waals surface area contributed by atoms with Crippen molar-refractivity contribution in [3.63, 3.8) is 0 Å². The number of carbonyl (C=O) groups excluding carboxylic acids is 1. The summed E-state index contributed by atoms with van der Waals surface area (Å²) < 4.78 is 5.47. The van der Waals surface area contributed by atoms with Crippen molar-refractivity contribution >= 4 is 21.8 Å². The predicted octanol–water partition coefficient (Wildman–Crippen LogP) is 2.24. The van der Waals surface area contributed by atoms with Gasteiger partial charge in [-0.2, -0.15) is 0 Å². The molecule has 1 aliphatic heterocycles. The first-order valence-corrected chi connectivity index (χ1v) is 7.38. The summed E-state index contributed by atoms with van der Waals surface area (Å²) in [5.41, 5.74) is 0. The minimum absolute atomic E-state index is 0.170. The van der Waals surface area contributed by atoms with E-state index in [0.29, 0.717) is 18.4 Å². The van der Waals surface area contributed by atoms with E-state index in [0.717, 1.165) is 31.2 Å². The van der Waals surface area contributed by atoms with E-state index in [2.05, 4.69) is 21.2 Å². The molecule has 0 spiro atoms. The van der Waals surface area contributed by atoms with E-state index in [4.69, 9.17) is 4.74 Å². The van der Waals surface area contributed by atoms with Gasteiger partial charge in [0, 0.05) is 18.0 Å². The minimum Gasteiger partial charge on any atom is -0.378 e. The molecule has 1 heterocycles. The SMILES string of the molecule is O=C(CC1CCCO1)NC1CCCC1CBr. The maximum Gasteiger partial charge on any atom is 0.222 e. The first-order chi connectivity index (χ1) is 7.79. The topological polar surface area (TPSA) is 38.3 Å². The number of ether oxygens (including phenoxy) is 1. The maximum absolute atomic E-state index is 11.8. The van der Waals surface area contributed by atoms with E-state index in [9.17, 15) is 4.79 Å². The second-order valence-corrected chi connectivity index (χ2v) is 5.51. The maximum atomic E-state index is 11.8. The molecule has 1 aliphatic carbocycles. The molecule has 16 heavy (non-hydrogen) atoms. The molecule has 3 atom stereocenters. The van der Waals surface area contributed by atoms with Gasteiger partial charge in [-0.15, -0.1) is 0 Å². The zero-order valence-corrected chi connectivity index (χ0v) is 11.2. The van der Waals surface area contributed by atoms with Gasteiger partial charge in [-0.05, 0) is 31.6 Å². The molecule has 0 aromatic carbocycles. The first kappa shape index (κ1) is 12.4. The van der Waals surface area contributed by atoms with Crippen molar-refractivity contribution in [2.75, 3.05) is 11.9 Å². The van der Waals surface area contributed by atoms with Gasteiger partial charge in [0.05, 0.1) is 12.5 Å². The predicted molar refractivity (Wildman–Crippen MR) is 66.7 cm³/mol. The van der Waals surface area contributed by atoms with E-state index in [1.807, 2.05) is 0 Å². The van der Waals surface area contributed by atoms with E-state index < -0.39 is 0 Å². The molecule has 3 unspecified atom stereocenters. The van der Waals surface area contributed by atoms with Gasteiger partial charge in [0.2, 0.25) is 5.91 Å². The molecule has 1 amide bonds. The molecule has 1 N–H and O–H groups in total. The van der Waals surface area contributed by atoms with Crippen LogP contribution in [0.25, 0.3) is 0 Å². The van der Waals surface area contributed by atoms with Crippen molar-refractivity contribution in [2.24, 2.45) is 5.92 Å². The summed E-state index contributed by atoms with van der Waals surface area (Å²) in [4.78, 5) is 11.8. The third-order valence-electron chi connectivity index (χ3n) is 3.64. The van der Waals surface area contributed by atoms with Crippen LogP contribution in [0.3, 0.4) is 0 Å². The fourth-order valence-corrected chi connectivity index (χ4v) is 3.46. The summed E-state index contributed by atoms with van der Waals surface area (Å²) in [6.45, 7) is 0.825. The van der Waals surface area contributed by atoms with Crippen molar-refractivity contribution < 1.29 is 9.53 Å². The Morgan fingerprint density at radius 3 is 2.88 bits per heavy atom. The van der Waals surface area contributed by atoms with E-state index in [-0.39, 0.29) is 12.0 Å². The molecule has 1 saturated carbocycles. The zero-order chi connectivity index (χ0) is 11.4. The van der Waals surface area contributed by atoms with Gasteiger partial charge >= 0.3 is 0 Å². The van der Waals surface area contributed by atoms with Crippen LogP contribution in [0.2, 0.25) is 0 Å². The Bertz CT molecular complexity index is 241. The quantitative estimate of drug-likeness (QED) is 0.806. The highest BCUT2D eigenvalue weighted by Gasteiger charge is 2.28. The fraction of sp³-hybridized carbons (Fsp3) is 0.917. The van der Waals surface area contributed by atoms with Crippen molar-refractivity contribution in [1.29, 1.82) is 0 Å². The lowest BCUT2D eigenvalue weighted by Gasteiger charge is -2.20. The highest BCUT2D eigenvalue weighted by molar-refractivity contribution is 9.09. The van der Waals surface area contributed by atoms with Crippen LogP contribution in [0, 0.1) is 5.92 Å². The van der Waals surface area contributed by atoms with Crippen molar-refractivity contribution in [3.05, 3.63) is 0 Å². The average molecular weight is 290 g/mol. The lowest BCUT2D eigenvalue weighted by molar-refractivity contribution is -0.124. The molecule has 1 saturated heterocycles. The number of carbonyl (C=O) groups is 1. The largest absolute Gasteiger partial charge is 0.378 e.